The molecule has 0 unspecified atom stereocenters. The molecule has 0 bridgehead atoms. The third-order valence-electron chi connectivity index (χ3n) is 4.04. The van der Waals surface area contributed by atoms with Crippen LogP contribution in [0.15, 0.2) is 59.9 Å². The normalized spacial score (nSPS) is 19.3. The van der Waals surface area contributed by atoms with Gasteiger partial charge in [0, 0.05) is 36.6 Å². The largest absolute Gasteiger partial charge is 0.416 e. The van der Waals surface area contributed by atoms with E-state index < -0.39 is 11.7 Å². The number of benzene rings is 1. The summed E-state index contributed by atoms with van der Waals surface area (Å²) in [6, 6.07) is 8.61. The van der Waals surface area contributed by atoms with Gasteiger partial charge in [0.05, 0.1) is 5.56 Å². The van der Waals surface area contributed by atoms with Gasteiger partial charge in [-0.2, -0.15) is 13.2 Å². The third kappa shape index (κ3) is 4.26. The molecule has 0 atom stereocenters. The van der Waals surface area contributed by atoms with Gasteiger partial charge in [-0.3, -0.25) is 14.7 Å². The van der Waals surface area contributed by atoms with Crippen molar-refractivity contribution >= 4 is 17.9 Å². The number of Topliss-reactive ketones (excluding diaryl/α,β-unsaturated/α-hetero) is 1. The molecular formula is C20H17F3N2O. The number of pyridine rings is 1. The van der Waals surface area contributed by atoms with Gasteiger partial charge in [-0.05, 0) is 48.5 Å². The predicted octanol–water partition coefficient (Wildman–Crippen LogP) is 4.08. The molecule has 0 aliphatic carbocycles. The Morgan fingerprint density at radius 1 is 1.04 bits per heavy atom. The molecule has 0 radical (unpaired) electrons. The first kappa shape index (κ1) is 18.1. The Morgan fingerprint density at radius 2 is 1.69 bits per heavy atom. The molecule has 1 aliphatic rings. The van der Waals surface area contributed by atoms with Crippen molar-refractivity contribution in [3.63, 3.8) is 0 Å². The van der Waals surface area contributed by atoms with Crippen LogP contribution in [-0.4, -0.2) is 35.8 Å². The molecule has 0 saturated carbocycles. The van der Waals surface area contributed by atoms with E-state index in [0.717, 1.165) is 17.7 Å². The number of hydrogen-bond donors (Lipinski definition) is 0. The number of halogens is 3. The van der Waals surface area contributed by atoms with Crippen LogP contribution in [0.25, 0.3) is 12.2 Å². The van der Waals surface area contributed by atoms with Gasteiger partial charge in [0.25, 0.3) is 0 Å². The molecule has 0 amide bonds. The Labute approximate surface area is 149 Å². The monoisotopic (exact) mass is 358 g/mol. The van der Waals surface area contributed by atoms with Crippen LogP contribution in [-0.2, 0) is 11.0 Å². The lowest BCUT2D eigenvalue weighted by Crippen LogP contribution is -2.34. The van der Waals surface area contributed by atoms with Gasteiger partial charge in [-0.25, -0.2) is 0 Å². The number of likely N-dealkylation sites (N-methyl/N-ethyl adjacent to an activating group) is 1. The molecule has 3 nitrogen and oxygen atoms in total. The number of alkyl halides is 3. The van der Waals surface area contributed by atoms with Gasteiger partial charge in [0.1, 0.15) is 0 Å². The lowest BCUT2D eigenvalue weighted by atomic mass is 9.94. The number of rotatable bonds is 2. The Kier molecular flexibility index (Phi) is 5.04. The highest BCUT2D eigenvalue weighted by molar-refractivity contribution is 6.14. The number of carbonyl (C=O) groups excluding carboxylic acids is 1. The van der Waals surface area contributed by atoms with Gasteiger partial charge < -0.3 is 0 Å². The summed E-state index contributed by atoms with van der Waals surface area (Å²) in [5, 5.41) is 0. The minimum absolute atomic E-state index is 0.149. The maximum Gasteiger partial charge on any atom is 0.416 e. The van der Waals surface area contributed by atoms with E-state index >= 15 is 0 Å². The molecule has 1 saturated heterocycles. The van der Waals surface area contributed by atoms with E-state index in [2.05, 4.69) is 4.98 Å². The Balaban J connectivity index is 1.93. The number of hydrogen-bond acceptors (Lipinski definition) is 3. The second-order valence-electron chi connectivity index (χ2n) is 6.25. The van der Waals surface area contributed by atoms with E-state index in [1.807, 2.05) is 18.0 Å². The van der Waals surface area contributed by atoms with Crippen LogP contribution in [0.1, 0.15) is 16.7 Å². The Bertz CT molecular complexity index is 870. The summed E-state index contributed by atoms with van der Waals surface area (Å²) >= 11 is 0. The summed E-state index contributed by atoms with van der Waals surface area (Å²) in [5.74, 6) is -0.149. The molecule has 134 valence electrons. The topological polar surface area (TPSA) is 33.2 Å². The summed E-state index contributed by atoms with van der Waals surface area (Å²) in [7, 11) is 1.86. The maximum absolute atomic E-state index is 12.9. The van der Waals surface area contributed by atoms with Crippen molar-refractivity contribution in [3.05, 3.63) is 76.6 Å². The maximum atomic E-state index is 12.9. The molecule has 1 aliphatic heterocycles. The van der Waals surface area contributed by atoms with Crippen molar-refractivity contribution in [2.75, 3.05) is 20.1 Å². The smallest absolute Gasteiger partial charge is 0.298 e. The van der Waals surface area contributed by atoms with E-state index in [-0.39, 0.29) is 5.78 Å². The van der Waals surface area contributed by atoms with Crippen molar-refractivity contribution in [3.8, 4) is 0 Å². The van der Waals surface area contributed by atoms with E-state index in [4.69, 9.17) is 0 Å². The summed E-state index contributed by atoms with van der Waals surface area (Å²) in [6.07, 6.45) is 2.20. The molecule has 6 heteroatoms. The van der Waals surface area contributed by atoms with Crippen LogP contribution in [0.2, 0.25) is 0 Å². The van der Waals surface area contributed by atoms with Crippen LogP contribution in [0.3, 0.4) is 0 Å². The second-order valence-corrected chi connectivity index (χ2v) is 6.25. The molecule has 3 rings (SSSR count). The minimum atomic E-state index is -4.41. The molecule has 2 aromatic rings. The molecule has 0 spiro atoms. The first-order valence-electron chi connectivity index (χ1n) is 8.04. The number of ketones is 1. The molecule has 2 heterocycles. The quantitative estimate of drug-likeness (QED) is 0.759. The van der Waals surface area contributed by atoms with Crippen molar-refractivity contribution in [2.24, 2.45) is 0 Å². The van der Waals surface area contributed by atoms with E-state index in [1.165, 1.54) is 12.1 Å². The van der Waals surface area contributed by atoms with Gasteiger partial charge in [-0.15, -0.1) is 0 Å². The van der Waals surface area contributed by atoms with E-state index in [9.17, 15) is 18.0 Å². The fourth-order valence-electron chi connectivity index (χ4n) is 2.88. The average molecular weight is 358 g/mol. The first-order valence-corrected chi connectivity index (χ1v) is 8.04. The number of nitrogens with zero attached hydrogens (tertiary/aromatic N) is 2. The van der Waals surface area contributed by atoms with Crippen molar-refractivity contribution in [1.29, 1.82) is 0 Å². The summed E-state index contributed by atoms with van der Waals surface area (Å²) in [4.78, 5) is 18.7. The molecule has 1 aromatic carbocycles. The van der Waals surface area contributed by atoms with Crippen molar-refractivity contribution in [2.45, 2.75) is 6.18 Å². The van der Waals surface area contributed by atoms with Gasteiger partial charge in [0.15, 0.2) is 5.78 Å². The average Bonchev–Trinajstić information content (AvgIpc) is 2.59. The van der Waals surface area contributed by atoms with Crippen LogP contribution < -0.4 is 0 Å². The standard InChI is InChI=1S/C20H17F3N2O/c1-25-12-16(8-14-4-2-6-18(10-14)20(21,22)23)19(26)17(13-25)9-15-5-3-7-24-11-15/h2-11H,12-13H2,1H3/b16-8+,17-9+. The van der Waals surface area contributed by atoms with Gasteiger partial charge in [-0.1, -0.05) is 18.2 Å². The van der Waals surface area contributed by atoms with Crippen LogP contribution in [0.4, 0.5) is 13.2 Å². The van der Waals surface area contributed by atoms with Crippen molar-refractivity contribution < 1.29 is 18.0 Å². The highest BCUT2D eigenvalue weighted by atomic mass is 19.4. The number of likely N-dealkylation sites (tertiary alicyclic amines) is 1. The molecule has 26 heavy (non-hydrogen) atoms. The summed E-state index contributed by atoms with van der Waals surface area (Å²) in [5.41, 5.74) is 1.50. The lowest BCUT2D eigenvalue weighted by molar-refractivity contribution is -0.137. The van der Waals surface area contributed by atoms with E-state index in [1.54, 1.807) is 30.6 Å². The van der Waals surface area contributed by atoms with Crippen LogP contribution >= 0.6 is 0 Å². The summed E-state index contributed by atoms with van der Waals surface area (Å²) in [6.45, 7) is 0.868. The minimum Gasteiger partial charge on any atom is -0.298 e. The summed E-state index contributed by atoms with van der Waals surface area (Å²) < 4.78 is 38.6. The van der Waals surface area contributed by atoms with Crippen LogP contribution in [0, 0.1) is 0 Å². The Morgan fingerprint density at radius 3 is 2.31 bits per heavy atom. The SMILES string of the molecule is CN1C/C(=C\c2cccnc2)C(=O)/C(=C/c2cccc(C(F)(F)F)c2)C1. The third-order valence-corrected chi connectivity index (χ3v) is 4.04. The molecular weight excluding hydrogens is 341 g/mol. The predicted molar refractivity (Wildman–Crippen MR) is 94.1 cm³/mol. The van der Waals surface area contributed by atoms with E-state index in [0.29, 0.717) is 29.8 Å². The molecule has 1 fully saturated rings. The number of aromatic nitrogens is 1. The van der Waals surface area contributed by atoms with Crippen molar-refractivity contribution in [1.82, 2.24) is 9.88 Å². The highest BCUT2D eigenvalue weighted by Crippen LogP contribution is 2.30. The van der Waals surface area contributed by atoms with Gasteiger partial charge in [0.2, 0.25) is 0 Å². The highest BCUT2D eigenvalue weighted by Gasteiger charge is 2.30. The number of carbonyl (C=O) groups is 1. The fraction of sp³-hybridized carbons (Fsp3) is 0.200. The number of piperidine rings is 1. The molecule has 1 aromatic heterocycles. The lowest BCUT2D eigenvalue weighted by Gasteiger charge is -2.26. The van der Waals surface area contributed by atoms with Crippen LogP contribution in [0.5, 0.6) is 0 Å². The first-order chi connectivity index (χ1) is 12.3. The van der Waals surface area contributed by atoms with Gasteiger partial charge >= 0.3 is 6.18 Å². The Hall–Kier alpha value is -2.73. The second kappa shape index (κ2) is 7.25. The molecule has 0 N–H and O–H groups in total. The zero-order chi connectivity index (χ0) is 18.7. The fourth-order valence-corrected chi connectivity index (χ4v) is 2.88. The zero-order valence-corrected chi connectivity index (χ0v) is 14.1. The zero-order valence-electron chi connectivity index (χ0n) is 14.1.